The normalized spacial score (nSPS) is 14.1. The fourth-order valence-electron chi connectivity index (χ4n) is 7.45. The smallest absolute Gasteiger partial charge is 1.00 e. The molecule has 0 fully saturated rings. The molecular formula is C51H75Cl3SiTi. The largest absolute Gasteiger partial charge is 4.00 e. The Morgan fingerprint density at radius 1 is 0.446 bits per heavy atom. The van der Waals surface area contributed by atoms with Gasteiger partial charge in [-0.3, -0.25) is 6.08 Å². The van der Waals surface area contributed by atoms with Crippen molar-refractivity contribution in [1.82, 2.24) is 0 Å². The number of rotatable bonds is 7. The average molecular weight is 870 g/mol. The molecule has 0 amide bonds. The number of allylic oxidation sites excluding steroid dienone is 4. The molecule has 0 atom stereocenters. The minimum absolute atomic E-state index is 0. The molecule has 5 heteroatoms. The van der Waals surface area contributed by atoms with Crippen LogP contribution in [0.4, 0.5) is 0 Å². The zero-order valence-electron chi connectivity index (χ0n) is 38.7. The van der Waals surface area contributed by atoms with Crippen LogP contribution in [0.5, 0.6) is 0 Å². The van der Waals surface area contributed by atoms with Gasteiger partial charge >= 0.3 is 21.7 Å². The molecule has 1 aliphatic carbocycles. The molecule has 0 aliphatic heterocycles. The number of hydrogen-bond acceptors (Lipinski definition) is 0. The third kappa shape index (κ3) is 12.3. The van der Waals surface area contributed by atoms with Gasteiger partial charge in [-0.1, -0.05) is 212 Å². The molecule has 0 nitrogen and oxygen atoms in total. The first-order valence-electron chi connectivity index (χ1n) is 20.3. The summed E-state index contributed by atoms with van der Waals surface area (Å²) < 4.78 is 0. The second-order valence-electron chi connectivity index (χ2n) is 22.3. The first-order chi connectivity index (χ1) is 23.5. The number of unbranched alkanes of at least 4 members (excludes halogenated alkanes) is 1. The minimum atomic E-state index is -2.98. The molecule has 4 rings (SSSR count). The van der Waals surface area contributed by atoms with E-state index in [4.69, 9.17) is 0 Å². The molecule has 0 N–H and O–H groups in total. The van der Waals surface area contributed by atoms with Crippen LogP contribution in [-0.2, 0) is 54.2 Å². The molecule has 1 aliphatic rings. The van der Waals surface area contributed by atoms with E-state index in [0.717, 1.165) is 12.8 Å². The van der Waals surface area contributed by atoms with E-state index in [-0.39, 0.29) is 91.4 Å². The quantitative estimate of drug-likeness (QED) is 0.193. The maximum Gasteiger partial charge on any atom is 4.00 e. The average Bonchev–Trinajstić information content (AvgIpc) is 3.46. The maximum atomic E-state index is 4.25. The van der Waals surface area contributed by atoms with Crippen molar-refractivity contribution in [2.45, 2.75) is 190 Å². The van der Waals surface area contributed by atoms with E-state index in [0.29, 0.717) is 0 Å². The van der Waals surface area contributed by atoms with Crippen molar-refractivity contribution in [1.29, 1.82) is 0 Å². The predicted octanol–water partition coefficient (Wildman–Crippen LogP) is 3.74. The van der Waals surface area contributed by atoms with E-state index in [1.165, 1.54) is 72.6 Å². The summed E-state index contributed by atoms with van der Waals surface area (Å²) in [4.78, 5) is 0. The molecule has 3 aromatic carbocycles. The van der Waals surface area contributed by atoms with Crippen LogP contribution in [0.25, 0.3) is 0 Å². The van der Waals surface area contributed by atoms with E-state index in [1.54, 1.807) is 0 Å². The van der Waals surface area contributed by atoms with Crippen molar-refractivity contribution in [2.75, 3.05) is 0 Å². The monoisotopic (exact) mass is 868 g/mol. The van der Waals surface area contributed by atoms with Crippen LogP contribution in [0.3, 0.4) is 0 Å². The van der Waals surface area contributed by atoms with Gasteiger partial charge in [0.1, 0.15) is 0 Å². The summed E-state index contributed by atoms with van der Waals surface area (Å²) in [5.41, 5.74) is 9.98. The van der Waals surface area contributed by atoms with E-state index < -0.39 is 8.07 Å². The van der Waals surface area contributed by atoms with Gasteiger partial charge in [-0.05, 0) is 81.4 Å². The molecule has 308 valence electrons. The van der Waals surface area contributed by atoms with Gasteiger partial charge in [0.15, 0.2) is 8.07 Å². The molecular weight excluding hydrogens is 795 g/mol. The molecule has 0 unspecified atom stereocenters. The Bertz CT molecular complexity index is 1560. The van der Waals surface area contributed by atoms with E-state index >= 15 is 0 Å². The molecule has 0 saturated carbocycles. The van der Waals surface area contributed by atoms with Crippen LogP contribution in [0, 0.1) is 6.08 Å². The Kier molecular flexibility index (Phi) is 18.8. The second kappa shape index (κ2) is 19.1. The Hall–Kier alpha value is -1.06. The fraction of sp³-hybridized carbons (Fsp3) is 0.569. The number of halogens is 3. The molecule has 56 heavy (non-hydrogen) atoms. The first-order valence-corrected chi connectivity index (χ1v) is 22.3. The summed E-state index contributed by atoms with van der Waals surface area (Å²) in [6, 6.07) is 23.4. The Morgan fingerprint density at radius 2 is 0.696 bits per heavy atom. The van der Waals surface area contributed by atoms with E-state index in [9.17, 15) is 0 Å². The Labute approximate surface area is 380 Å². The van der Waals surface area contributed by atoms with Gasteiger partial charge in [0.05, 0.1) is 0 Å². The molecule has 0 saturated heterocycles. The summed E-state index contributed by atoms with van der Waals surface area (Å²) >= 11 is 0. The van der Waals surface area contributed by atoms with Gasteiger partial charge in [0, 0.05) is 0 Å². The molecule has 3 aromatic rings. The van der Waals surface area contributed by atoms with Crippen molar-refractivity contribution < 1.29 is 58.9 Å². The third-order valence-electron chi connectivity index (χ3n) is 11.4. The summed E-state index contributed by atoms with van der Waals surface area (Å²) in [6.45, 7) is 45.4. The summed E-state index contributed by atoms with van der Waals surface area (Å²) in [6.07, 6.45) is 11.2. The zero-order valence-corrected chi connectivity index (χ0v) is 43.6. The SMILES string of the molecule is CCCCC1=CCC([Si](c2cc(C(C)(C)C)cc(C(C)(C)C)c2)(c2cc(C(C)(C)C)cc(C(C)(C)C)c2)c2cc(C(C)(C)C)cc(C(C)(C)C)c2)=[C-]1.[Cl-].[Cl-].[Cl-].[Ti+4]. The van der Waals surface area contributed by atoms with Crippen LogP contribution in [-0.4, -0.2) is 8.07 Å². The van der Waals surface area contributed by atoms with Crippen molar-refractivity contribution in [3.8, 4) is 0 Å². The standard InChI is InChI=1S/C51H75Si.3ClH.Ti/c1-20-21-22-35-23-24-42(25-35)52(43-29-36(46(2,3)4)26-37(30-43)47(5,6)7,44-31-38(48(8,9)10)27-39(32-44)49(11,12)13)45-33-40(50(14,15)16)28-41(34-45)51(17,18)19;;;;/h23,26-34H,20-22,24H2,1-19H3;3*1H;/q-1;;;;+4/p-3. The van der Waals surface area contributed by atoms with Crippen molar-refractivity contribution >= 4 is 23.6 Å². The summed E-state index contributed by atoms with van der Waals surface area (Å²) in [5.74, 6) is 0. The molecule has 0 spiro atoms. The molecule has 0 aromatic heterocycles. The van der Waals surface area contributed by atoms with Gasteiger partial charge in [-0.2, -0.15) is 5.20 Å². The van der Waals surface area contributed by atoms with Crippen molar-refractivity contribution in [2.24, 2.45) is 0 Å². The Morgan fingerprint density at radius 3 is 0.911 bits per heavy atom. The van der Waals surface area contributed by atoms with Crippen LogP contribution in [0.15, 0.2) is 71.4 Å². The van der Waals surface area contributed by atoms with Crippen molar-refractivity contribution in [3.63, 3.8) is 0 Å². The molecule has 0 radical (unpaired) electrons. The zero-order chi connectivity index (χ0) is 39.5. The summed E-state index contributed by atoms with van der Waals surface area (Å²) in [5, 5.41) is 6.04. The topological polar surface area (TPSA) is 0 Å². The Balaban J connectivity index is 0.00000756. The summed E-state index contributed by atoms with van der Waals surface area (Å²) in [7, 11) is -2.98. The van der Waals surface area contributed by atoms with Crippen LogP contribution >= 0.6 is 0 Å². The fourth-order valence-corrected chi connectivity index (χ4v) is 12.5. The predicted molar refractivity (Wildman–Crippen MR) is 235 cm³/mol. The third-order valence-corrected chi connectivity index (χ3v) is 16.1. The molecule has 0 bridgehead atoms. The van der Waals surface area contributed by atoms with E-state index in [2.05, 4.69) is 198 Å². The first kappa shape index (κ1) is 54.9. The molecule has 0 heterocycles. The van der Waals surface area contributed by atoms with Gasteiger partial charge in [-0.15, -0.1) is 0 Å². The van der Waals surface area contributed by atoms with Crippen LogP contribution < -0.4 is 52.8 Å². The van der Waals surface area contributed by atoms with E-state index in [1.807, 2.05) is 0 Å². The van der Waals surface area contributed by atoms with Crippen LogP contribution in [0.1, 0.15) is 191 Å². The van der Waals surface area contributed by atoms with Gasteiger partial charge in [0.25, 0.3) is 0 Å². The number of benzene rings is 3. The van der Waals surface area contributed by atoms with Gasteiger partial charge in [0.2, 0.25) is 0 Å². The number of hydrogen-bond donors (Lipinski definition) is 0. The minimum Gasteiger partial charge on any atom is -1.00 e. The van der Waals surface area contributed by atoms with Gasteiger partial charge in [-0.25, -0.2) is 11.6 Å². The van der Waals surface area contributed by atoms with Gasteiger partial charge < -0.3 is 37.2 Å². The second-order valence-corrected chi connectivity index (χ2v) is 26.1. The van der Waals surface area contributed by atoms with Crippen molar-refractivity contribution in [3.05, 3.63) is 111 Å². The van der Waals surface area contributed by atoms with Crippen LogP contribution in [0.2, 0.25) is 0 Å². The maximum absolute atomic E-state index is 4.25.